The average Bonchev–Trinajstić information content (AvgIpc) is 3.52. The second kappa shape index (κ2) is 14.4. The van der Waals surface area contributed by atoms with Crippen LogP contribution in [0.15, 0.2) is 79.0 Å². The minimum Gasteiger partial charge on any atom is -0.490 e. The van der Waals surface area contributed by atoms with Gasteiger partial charge in [-0.3, -0.25) is 9.47 Å². The SMILES string of the molecule is CN(Cc1ccc(OCc2ccc(OC(F)(F)F)cc2)cc1)C1CCN(c2ccc(OC[C@@H]3CCn4cc([N+](=O)[O-])nc4O3)cc2)CC1. The minimum absolute atomic E-state index is 0.218. The van der Waals surface area contributed by atoms with Gasteiger partial charge in [0.2, 0.25) is 0 Å². The van der Waals surface area contributed by atoms with Crippen LogP contribution in [-0.2, 0) is 19.7 Å². The van der Waals surface area contributed by atoms with E-state index in [0.29, 0.717) is 31.4 Å². The van der Waals surface area contributed by atoms with Crippen molar-refractivity contribution in [1.82, 2.24) is 14.5 Å². The number of hydrogen-bond acceptors (Lipinski definition) is 9. The number of nitrogens with zero attached hydrogens (tertiary/aromatic N) is 5. The van der Waals surface area contributed by atoms with Crippen molar-refractivity contribution >= 4 is 11.5 Å². The Bertz CT molecular complexity index is 1660. The van der Waals surface area contributed by atoms with Gasteiger partial charge in [0, 0.05) is 49.3 Å². The molecule has 48 heavy (non-hydrogen) atoms. The summed E-state index contributed by atoms with van der Waals surface area (Å²) in [5.41, 5.74) is 3.05. The van der Waals surface area contributed by atoms with Crippen LogP contribution < -0.4 is 23.8 Å². The molecule has 3 aromatic carbocycles. The molecule has 6 rings (SSSR count). The van der Waals surface area contributed by atoms with E-state index in [1.807, 2.05) is 36.4 Å². The van der Waals surface area contributed by atoms with E-state index in [1.54, 1.807) is 16.7 Å². The summed E-state index contributed by atoms with van der Waals surface area (Å²) >= 11 is 0. The van der Waals surface area contributed by atoms with Crippen LogP contribution in [0.25, 0.3) is 0 Å². The van der Waals surface area contributed by atoms with Gasteiger partial charge in [0.15, 0.2) is 0 Å². The maximum atomic E-state index is 12.4. The Balaban J connectivity index is 0.905. The highest BCUT2D eigenvalue weighted by atomic mass is 19.4. The first-order valence-electron chi connectivity index (χ1n) is 15.7. The van der Waals surface area contributed by atoms with Crippen molar-refractivity contribution in [3.63, 3.8) is 0 Å². The molecule has 0 N–H and O–H groups in total. The van der Waals surface area contributed by atoms with E-state index in [0.717, 1.165) is 49.5 Å². The highest BCUT2D eigenvalue weighted by Crippen LogP contribution is 2.28. The number of anilines is 1. The summed E-state index contributed by atoms with van der Waals surface area (Å²) in [5, 5.41) is 11.0. The first kappa shape index (κ1) is 32.9. The second-order valence-electron chi connectivity index (χ2n) is 11.9. The standard InChI is InChI=1S/C34H36F3N5O6/c1-39(20-24-2-8-28(9-3-24)45-22-25-4-10-30(11-5-25)48-34(35,36)37)26-14-17-40(18-15-26)27-6-12-29(13-7-27)46-23-31-16-19-41-21-32(42(43)44)38-33(41)47-31/h2-13,21,26,31H,14-20,22-23H2,1H3/t31-/m0/s1. The fourth-order valence-corrected chi connectivity index (χ4v) is 5.91. The quantitative estimate of drug-likeness (QED) is 0.122. The lowest BCUT2D eigenvalue weighted by Crippen LogP contribution is -2.43. The number of halogens is 3. The van der Waals surface area contributed by atoms with Gasteiger partial charge in [-0.15, -0.1) is 13.2 Å². The Labute approximate surface area is 275 Å². The summed E-state index contributed by atoms with van der Waals surface area (Å²) in [5.74, 6) is 0.944. The smallest absolute Gasteiger partial charge is 0.490 e. The molecule has 0 bridgehead atoms. The first-order valence-corrected chi connectivity index (χ1v) is 15.7. The number of piperidine rings is 1. The Morgan fingerprint density at radius 2 is 1.52 bits per heavy atom. The van der Waals surface area contributed by atoms with Gasteiger partial charge < -0.3 is 34.0 Å². The number of fused-ring (bicyclic) bond motifs is 1. The molecule has 4 aromatic rings. The van der Waals surface area contributed by atoms with Crippen LogP contribution in [0, 0.1) is 10.1 Å². The van der Waals surface area contributed by atoms with E-state index in [2.05, 4.69) is 38.7 Å². The zero-order valence-electron chi connectivity index (χ0n) is 26.3. The highest BCUT2D eigenvalue weighted by molar-refractivity contribution is 5.49. The lowest BCUT2D eigenvalue weighted by Gasteiger charge is -2.38. The van der Waals surface area contributed by atoms with Crippen LogP contribution in [0.1, 0.15) is 30.4 Å². The fourth-order valence-electron chi connectivity index (χ4n) is 5.91. The zero-order chi connectivity index (χ0) is 33.7. The van der Waals surface area contributed by atoms with Crippen molar-refractivity contribution in [2.24, 2.45) is 0 Å². The number of hydrogen-bond donors (Lipinski definition) is 0. The van der Waals surface area contributed by atoms with Crippen LogP contribution in [0.3, 0.4) is 0 Å². The summed E-state index contributed by atoms with van der Waals surface area (Å²) < 4.78 is 60.2. The topological polar surface area (TPSA) is 104 Å². The first-order chi connectivity index (χ1) is 23.1. The van der Waals surface area contributed by atoms with E-state index in [9.17, 15) is 23.3 Å². The normalized spacial score (nSPS) is 16.7. The number of aromatic nitrogens is 2. The van der Waals surface area contributed by atoms with Gasteiger partial charge in [-0.1, -0.05) is 24.3 Å². The zero-order valence-corrected chi connectivity index (χ0v) is 26.3. The van der Waals surface area contributed by atoms with Crippen molar-refractivity contribution in [2.75, 3.05) is 31.6 Å². The molecule has 0 aliphatic carbocycles. The Hall–Kier alpha value is -4.98. The predicted molar refractivity (Wildman–Crippen MR) is 170 cm³/mol. The molecule has 0 unspecified atom stereocenters. The van der Waals surface area contributed by atoms with Gasteiger partial charge in [0.1, 0.15) is 42.8 Å². The Kier molecular flexibility index (Phi) is 9.90. The molecular weight excluding hydrogens is 631 g/mol. The summed E-state index contributed by atoms with van der Waals surface area (Å²) in [6, 6.07) is 22.3. The van der Waals surface area contributed by atoms with Gasteiger partial charge in [-0.2, -0.15) is 0 Å². The van der Waals surface area contributed by atoms with Crippen LogP contribution in [0.2, 0.25) is 0 Å². The summed E-state index contributed by atoms with van der Waals surface area (Å²) in [7, 11) is 2.15. The molecule has 1 fully saturated rings. The fraction of sp³-hybridized carbons (Fsp3) is 0.382. The molecule has 1 aromatic heterocycles. The van der Waals surface area contributed by atoms with Crippen molar-refractivity contribution in [2.45, 2.75) is 57.5 Å². The van der Waals surface area contributed by atoms with E-state index >= 15 is 0 Å². The number of alkyl halides is 3. The number of imidazole rings is 1. The maximum absolute atomic E-state index is 12.4. The molecule has 2 aliphatic rings. The molecule has 0 saturated carbocycles. The summed E-state index contributed by atoms with van der Waals surface area (Å²) in [6.45, 7) is 3.85. The largest absolute Gasteiger partial charge is 0.573 e. The molecule has 2 aliphatic heterocycles. The number of nitro groups is 1. The van der Waals surface area contributed by atoms with Crippen molar-refractivity contribution in [1.29, 1.82) is 0 Å². The molecule has 11 nitrogen and oxygen atoms in total. The average molecular weight is 668 g/mol. The third kappa shape index (κ3) is 8.68. The third-order valence-electron chi connectivity index (χ3n) is 8.52. The monoisotopic (exact) mass is 667 g/mol. The number of rotatable bonds is 12. The molecule has 254 valence electrons. The number of aryl methyl sites for hydroxylation is 1. The van der Waals surface area contributed by atoms with Gasteiger partial charge >= 0.3 is 18.2 Å². The molecular formula is C34H36F3N5O6. The van der Waals surface area contributed by atoms with E-state index in [1.165, 1.54) is 23.9 Å². The van der Waals surface area contributed by atoms with Crippen molar-refractivity contribution in [3.8, 4) is 23.3 Å². The lowest BCUT2D eigenvalue weighted by molar-refractivity contribution is -0.389. The third-order valence-corrected chi connectivity index (χ3v) is 8.52. The van der Waals surface area contributed by atoms with Crippen LogP contribution in [0.4, 0.5) is 24.7 Å². The predicted octanol–water partition coefficient (Wildman–Crippen LogP) is 6.60. The van der Waals surface area contributed by atoms with Gasteiger partial charge in [0.05, 0.1) is 0 Å². The lowest BCUT2D eigenvalue weighted by atomic mass is 10.0. The van der Waals surface area contributed by atoms with Crippen LogP contribution >= 0.6 is 0 Å². The minimum atomic E-state index is -4.71. The molecule has 1 atom stereocenters. The van der Waals surface area contributed by atoms with Gasteiger partial charge in [-0.05, 0) is 84.5 Å². The summed E-state index contributed by atoms with van der Waals surface area (Å²) in [6.07, 6.45) is -0.803. The number of ether oxygens (including phenoxy) is 4. The van der Waals surface area contributed by atoms with Gasteiger partial charge in [0.25, 0.3) is 0 Å². The molecule has 0 amide bonds. The molecule has 14 heteroatoms. The van der Waals surface area contributed by atoms with Crippen LogP contribution in [-0.4, -0.2) is 64.6 Å². The van der Waals surface area contributed by atoms with Gasteiger partial charge in [-0.25, -0.2) is 0 Å². The van der Waals surface area contributed by atoms with Crippen molar-refractivity contribution in [3.05, 3.63) is 100 Å². The Morgan fingerprint density at radius 3 is 2.19 bits per heavy atom. The van der Waals surface area contributed by atoms with E-state index in [-0.39, 0.29) is 30.3 Å². The molecule has 0 spiro atoms. The van der Waals surface area contributed by atoms with E-state index in [4.69, 9.17) is 14.2 Å². The molecule has 3 heterocycles. The molecule has 0 radical (unpaired) electrons. The molecule has 1 saturated heterocycles. The van der Waals surface area contributed by atoms with Crippen LogP contribution in [0.5, 0.6) is 23.3 Å². The Morgan fingerprint density at radius 1 is 0.896 bits per heavy atom. The van der Waals surface area contributed by atoms with E-state index < -0.39 is 11.3 Å². The second-order valence-corrected chi connectivity index (χ2v) is 11.9. The van der Waals surface area contributed by atoms with Crippen molar-refractivity contribution < 1.29 is 37.0 Å². The maximum Gasteiger partial charge on any atom is 0.573 e. The number of benzene rings is 3. The summed E-state index contributed by atoms with van der Waals surface area (Å²) in [4.78, 5) is 19.1. The highest BCUT2D eigenvalue weighted by Gasteiger charge is 2.31.